The molecule has 0 fully saturated rings. The fourth-order valence-corrected chi connectivity index (χ4v) is 10.00. The molecular weight excluding hydrogens is 1090 g/mol. The lowest BCUT2D eigenvalue weighted by molar-refractivity contribution is 0.587. The molecule has 0 aliphatic carbocycles. The lowest BCUT2D eigenvalue weighted by atomic mass is 9.87. The molecule has 8 rings (SSSR count). The molecule has 8 aromatic rings. The van der Waals surface area contributed by atoms with E-state index in [-0.39, 0.29) is 20.6 Å². The molecule has 0 saturated heterocycles. The van der Waals surface area contributed by atoms with Crippen molar-refractivity contribution < 1.29 is 16.8 Å². The van der Waals surface area contributed by atoms with E-state index in [1.807, 2.05) is 65.1 Å². The third-order valence-electron chi connectivity index (χ3n) is 9.34. The summed E-state index contributed by atoms with van der Waals surface area (Å²) in [5.41, 5.74) is 5.55. The van der Waals surface area contributed by atoms with E-state index in [9.17, 15) is 16.8 Å². The Bertz CT molecular complexity index is 3080. The summed E-state index contributed by atoms with van der Waals surface area (Å²) in [4.78, 5) is 8.70. The minimum absolute atomic E-state index is 0.0126. The van der Waals surface area contributed by atoms with Gasteiger partial charge in [-0.1, -0.05) is 89.0 Å². The molecule has 0 aliphatic rings. The standard InChI is InChI=1S/C22H21ClN4O2S.C16H17ClINO2S.C6H4IN3/c1-22(2,3)14-6-9-16(10-7-14)30(28,29)27-19-11-8-15(23)13-18(19)20-17-5-4-12-24-21(17)26-25-20;1-16(2,3)11-4-7-13(8-5-11)22(20,21)19-15-9-6-12(17)10-14(15)18;7-5-4-2-1-3-8-6(4)10-9-5/h4-13,27H,1-3H3,(H,24,25,26);4-10,19H,1-3H3;1-3H,(H,8,9,10). The van der Waals surface area contributed by atoms with Gasteiger partial charge in [-0.3, -0.25) is 19.6 Å². The molecule has 62 heavy (non-hydrogen) atoms. The molecule has 322 valence electrons. The van der Waals surface area contributed by atoms with Crippen LogP contribution in [0.15, 0.2) is 131 Å². The van der Waals surface area contributed by atoms with Crippen molar-refractivity contribution in [2.75, 3.05) is 9.44 Å². The van der Waals surface area contributed by atoms with Crippen LogP contribution in [-0.4, -0.2) is 47.2 Å². The van der Waals surface area contributed by atoms with Gasteiger partial charge in [0.2, 0.25) is 0 Å². The highest BCUT2D eigenvalue weighted by atomic mass is 127. The number of aromatic amines is 2. The van der Waals surface area contributed by atoms with Crippen molar-refractivity contribution in [3.8, 4) is 11.3 Å². The van der Waals surface area contributed by atoms with E-state index in [2.05, 4.69) is 104 Å². The average Bonchev–Trinajstić information content (AvgIpc) is 3.83. The zero-order chi connectivity index (χ0) is 45.0. The molecular formula is C44H42Cl2I2N8O4S2. The Morgan fingerprint density at radius 1 is 0.565 bits per heavy atom. The molecule has 0 unspecified atom stereocenters. The SMILES string of the molecule is CC(C)(C)c1ccc(S(=O)(=O)Nc2ccc(Cl)cc2-c2[nH]nc3ncccc23)cc1.CC(C)(C)c1ccc(S(=O)(=O)Nc2ccc(Cl)cc2I)cc1.Ic1[nH]nc2ncccc12. The maximum Gasteiger partial charge on any atom is 0.261 e. The maximum atomic E-state index is 13.1. The monoisotopic (exact) mass is 1130 g/mol. The number of halogens is 4. The molecule has 4 aromatic heterocycles. The number of fused-ring (bicyclic) bond motifs is 2. The minimum Gasteiger partial charge on any atom is -0.279 e. The average molecular weight is 1140 g/mol. The molecule has 0 spiro atoms. The highest BCUT2D eigenvalue weighted by Gasteiger charge is 2.22. The normalized spacial score (nSPS) is 12.0. The summed E-state index contributed by atoms with van der Waals surface area (Å²) < 4.78 is 58.1. The second-order valence-corrected chi connectivity index (χ2v) is 22.4. The second kappa shape index (κ2) is 19.2. The number of H-pyrrole nitrogens is 2. The molecule has 18 heteroatoms. The number of anilines is 2. The Balaban J connectivity index is 0.000000174. The van der Waals surface area contributed by atoms with Gasteiger partial charge in [-0.15, -0.1) is 0 Å². The van der Waals surface area contributed by atoms with Crippen molar-refractivity contribution in [2.24, 2.45) is 0 Å². The number of aromatic nitrogens is 6. The van der Waals surface area contributed by atoms with Crippen LogP contribution in [0.25, 0.3) is 33.3 Å². The third-order valence-corrected chi connectivity index (χ3v) is 14.3. The summed E-state index contributed by atoms with van der Waals surface area (Å²) in [5.74, 6) is 0. The van der Waals surface area contributed by atoms with E-state index < -0.39 is 20.0 Å². The molecule has 4 N–H and O–H groups in total. The first-order valence-corrected chi connectivity index (χ1v) is 24.8. The van der Waals surface area contributed by atoms with Crippen LogP contribution in [0.5, 0.6) is 0 Å². The Morgan fingerprint density at radius 2 is 1.02 bits per heavy atom. The van der Waals surface area contributed by atoms with Gasteiger partial charge >= 0.3 is 0 Å². The topological polar surface area (TPSA) is 175 Å². The van der Waals surface area contributed by atoms with Crippen LogP contribution in [0, 0.1) is 7.27 Å². The van der Waals surface area contributed by atoms with Crippen LogP contribution >= 0.6 is 68.4 Å². The first kappa shape index (κ1) is 47.1. The highest BCUT2D eigenvalue weighted by molar-refractivity contribution is 14.1. The maximum absolute atomic E-state index is 13.1. The fraction of sp³-hybridized carbons (Fsp3) is 0.182. The van der Waals surface area contributed by atoms with E-state index in [4.69, 9.17) is 23.2 Å². The fourth-order valence-electron chi connectivity index (χ4n) is 5.94. The number of hydrogen-bond donors (Lipinski definition) is 4. The predicted octanol–water partition coefficient (Wildman–Crippen LogP) is 12.0. The van der Waals surface area contributed by atoms with Gasteiger partial charge in [0.1, 0.15) is 3.70 Å². The molecule has 0 bridgehead atoms. The molecule has 0 amide bonds. The molecule has 0 saturated carbocycles. The van der Waals surface area contributed by atoms with Crippen molar-refractivity contribution in [3.63, 3.8) is 0 Å². The van der Waals surface area contributed by atoms with E-state index in [1.165, 1.54) is 0 Å². The first-order valence-electron chi connectivity index (χ1n) is 18.9. The van der Waals surface area contributed by atoms with Gasteiger partial charge in [0, 0.05) is 37.0 Å². The zero-order valence-electron chi connectivity index (χ0n) is 34.3. The minimum atomic E-state index is -3.80. The summed E-state index contributed by atoms with van der Waals surface area (Å²) in [7, 11) is -7.41. The van der Waals surface area contributed by atoms with Gasteiger partial charge in [0.15, 0.2) is 11.3 Å². The lowest BCUT2D eigenvalue weighted by Crippen LogP contribution is -2.15. The molecule has 0 atom stereocenters. The van der Waals surface area contributed by atoms with Gasteiger partial charge in [0.05, 0.1) is 32.2 Å². The van der Waals surface area contributed by atoms with Crippen LogP contribution < -0.4 is 9.44 Å². The van der Waals surface area contributed by atoms with E-state index in [0.29, 0.717) is 38.3 Å². The number of hydrogen-bond acceptors (Lipinski definition) is 8. The number of rotatable bonds is 7. The quantitative estimate of drug-likeness (QED) is 0.114. The first-order chi connectivity index (χ1) is 29.1. The van der Waals surface area contributed by atoms with Crippen LogP contribution in [0.1, 0.15) is 52.7 Å². The van der Waals surface area contributed by atoms with E-state index in [0.717, 1.165) is 34.8 Å². The number of pyridine rings is 2. The predicted molar refractivity (Wildman–Crippen MR) is 267 cm³/mol. The Hall–Kier alpha value is -4.34. The Morgan fingerprint density at radius 3 is 1.52 bits per heavy atom. The van der Waals surface area contributed by atoms with Crippen molar-refractivity contribution in [2.45, 2.75) is 62.2 Å². The van der Waals surface area contributed by atoms with Gasteiger partial charge in [-0.2, -0.15) is 10.2 Å². The number of sulfonamides is 2. The summed E-state index contributed by atoms with van der Waals surface area (Å²) in [6.45, 7) is 12.5. The van der Waals surface area contributed by atoms with E-state index >= 15 is 0 Å². The second-order valence-electron chi connectivity index (χ2n) is 16.0. The summed E-state index contributed by atoms with van der Waals surface area (Å²) in [6, 6.07) is 31.4. The molecule has 4 heterocycles. The molecule has 4 aromatic carbocycles. The van der Waals surface area contributed by atoms with Crippen LogP contribution in [0.2, 0.25) is 10.0 Å². The molecule has 0 aliphatic heterocycles. The number of nitrogens with zero attached hydrogens (tertiary/aromatic N) is 4. The van der Waals surface area contributed by atoms with E-state index in [1.54, 1.807) is 79.1 Å². The smallest absolute Gasteiger partial charge is 0.261 e. The van der Waals surface area contributed by atoms with Crippen LogP contribution in [0.3, 0.4) is 0 Å². The molecule has 12 nitrogen and oxygen atoms in total. The Kier molecular flexibility index (Phi) is 14.6. The highest BCUT2D eigenvalue weighted by Crippen LogP contribution is 2.35. The largest absolute Gasteiger partial charge is 0.279 e. The van der Waals surface area contributed by atoms with Gasteiger partial charge in [-0.25, -0.2) is 26.8 Å². The van der Waals surface area contributed by atoms with Gasteiger partial charge in [-0.05, 0) is 152 Å². The zero-order valence-corrected chi connectivity index (χ0v) is 41.8. The molecule has 0 radical (unpaired) electrons. The summed E-state index contributed by atoms with van der Waals surface area (Å²) in [5, 5.41) is 16.9. The summed E-state index contributed by atoms with van der Waals surface area (Å²) >= 11 is 16.3. The third kappa shape index (κ3) is 11.6. The Labute approximate surface area is 398 Å². The van der Waals surface area contributed by atoms with Crippen molar-refractivity contribution in [1.82, 2.24) is 30.4 Å². The van der Waals surface area contributed by atoms with Crippen LogP contribution in [-0.2, 0) is 30.9 Å². The van der Waals surface area contributed by atoms with Crippen molar-refractivity contribution in [3.05, 3.63) is 150 Å². The lowest BCUT2D eigenvalue weighted by Gasteiger charge is -2.19. The van der Waals surface area contributed by atoms with Crippen LogP contribution in [0.4, 0.5) is 11.4 Å². The van der Waals surface area contributed by atoms with Gasteiger partial charge in [0.25, 0.3) is 20.0 Å². The van der Waals surface area contributed by atoms with Gasteiger partial charge < -0.3 is 0 Å². The number of benzene rings is 4. The summed E-state index contributed by atoms with van der Waals surface area (Å²) in [6.07, 6.45) is 3.38. The number of nitrogens with one attached hydrogen (secondary N) is 4. The van der Waals surface area contributed by atoms with Crippen molar-refractivity contribution in [1.29, 1.82) is 0 Å². The van der Waals surface area contributed by atoms with Crippen molar-refractivity contribution >= 4 is 122 Å².